The van der Waals surface area contributed by atoms with Gasteiger partial charge >= 0.3 is 0 Å². The first kappa shape index (κ1) is 18.1. The third kappa shape index (κ3) is 3.95. The maximum atomic E-state index is 12.8. The highest BCUT2D eigenvalue weighted by Crippen LogP contribution is 2.31. The maximum Gasteiger partial charge on any atom is 0.277 e. The normalized spacial score (nSPS) is 10.3. The van der Waals surface area contributed by atoms with E-state index in [9.17, 15) is 9.59 Å². The van der Waals surface area contributed by atoms with Crippen molar-refractivity contribution in [1.82, 2.24) is 21.0 Å². The van der Waals surface area contributed by atoms with E-state index in [0.717, 1.165) is 11.1 Å². The van der Waals surface area contributed by atoms with Gasteiger partial charge in [0.2, 0.25) is 0 Å². The Balaban J connectivity index is 2.19. The van der Waals surface area contributed by atoms with Crippen molar-refractivity contribution in [2.75, 3.05) is 0 Å². The Morgan fingerprint density at radius 1 is 1.00 bits per heavy atom. The monoisotopic (exact) mass is 360 g/mol. The Labute approximate surface area is 156 Å². The van der Waals surface area contributed by atoms with E-state index in [1.54, 1.807) is 0 Å². The Bertz CT molecular complexity index is 1010. The number of nitrogens with one attached hydrogen (secondary N) is 3. The lowest BCUT2D eigenvalue weighted by Crippen LogP contribution is -2.39. The highest BCUT2D eigenvalue weighted by atomic mass is 16.2. The molecule has 3 rings (SSSR count). The first-order valence-electron chi connectivity index (χ1n) is 8.59. The van der Waals surface area contributed by atoms with Gasteiger partial charge in [-0.2, -0.15) is 5.10 Å². The van der Waals surface area contributed by atoms with Gasteiger partial charge in [-0.05, 0) is 12.0 Å². The van der Waals surface area contributed by atoms with Crippen molar-refractivity contribution in [1.29, 1.82) is 0 Å². The van der Waals surface area contributed by atoms with Gasteiger partial charge in [-0.15, -0.1) is 0 Å². The van der Waals surface area contributed by atoms with Crippen LogP contribution in [-0.4, -0.2) is 16.1 Å². The van der Waals surface area contributed by atoms with Gasteiger partial charge in [-0.1, -0.05) is 74.2 Å². The summed E-state index contributed by atoms with van der Waals surface area (Å²) in [6.45, 7) is 5.69. The number of carbonyl (C=O) groups is 1. The summed E-state index contributed by atoms with van der Waals surface area (Å²) in [5, 5.41) is 6.67. The van der Waals surface area contributed by atoms with Crippen molar-refractivity contribution >= 4 is 5.91 Å². The minimum absolute atomic E-state index is 0.00791. The molecule has 6 nitrogen and oxygen atoms in total. The second-order valence-electron chi connectivity index (χ2n) is 5.92. The molecule has 1 aromatic heterocycles. The summed E-state index contributed by atoms with van der Waals surface area (Å²) in [5.74, 6) is -0.552. The van der Waals surface area contributed by atoms with E-state index in [1.807, 2.05) is 67.6 Å². The predicted octanol–water partition coefficient (Wildman–Crippen LogP) is 3.26. The van der Waals surface area contributed by atoms with Gasteiger partial charge in [0.1, 0.15) is 5.56 Å². The average Bonchev–Trinajstić information content (AvgIpc) is 2.72. The summed E-state index contributed by atoms with van der Waals surface area (Å²) < 4.78 is 0. The van der Waals surface area contributed by atoms with Crippen molar-refractivity contribution < 1.29 is 4.79 Å². The minimum atomic E-state index is -0.560. The quantitative estimate of drug-likeness (QED) is 0.589. The van der Waals surface area contributed by atoms with Gasteiger partial charge < -0.3 is 5.43 Å². The number of allylic oxidation sites excluding steroid dienone is 1. The standard InChI is InChI=1S/C21H20N4O2/c1-3-14(2)22-24-20(26)18-17(15-10-6-4-7-11-15)19(23-25-21(18)27)16-12-8-5-9-13-16/h4-13,22H,2-3H2,1H3,(H,24,26)(H,25,27). The van der Waals surface area contributed by atoms with Crippen LogP contribution in [0.2, 0.25) is 0 Å². The van der Waals surface area contributed by atoms with E-state index in [-0.39, 0.29) is 5.56 Å². The van der Waals surface area contributed by atoms with Gasteiger partial charge in [-0.3, -0.25) is 15.0 Å². The summed E-state index contributed by atoms with van der Waals surface area (Å²) in [5.41, 5.74) is 7.88. The van der Waals surface area contributed by atoms with Crippen LogP contribution in [0.4, 0.5) is 0 Å². The summed E-state index contributed by atoms with van der Waals surface area (Å²) >= 11 is 0. The number of hydrazine groups is 1. The van der Waals surface area contributed by atoms with Crippen LogP contribution in [0, 0.1) is 0 Å². The number of carbonyl (C=O) groups excluding carboxylic acids is 1. The van der Waals surface area contributed by atoms with Gasteiger partial charge in [0.25, 0.3) is 11.5 Å². The summed E-state index contributed by atoms with van der Waals surface area (Å²) in [6, 6.07) is 18.7. The molecule has 0 radical (unpaired) electrons. The smallest absolute Gasteiger partial charge is 0.277 e. The van der Waals surface area contributed by atoms with Crippen molar-refractivity contribution in [2.45, 2.75) is 13.3 Å². The molecule has 2 aromatic carbocycles. The van der Waals surface area contributed by atoms with E-state index < -0.39 is 11.5 Å². The van der Waals surface area contributed by atoms with E-state index in [0.29, 0.717) is 23.4 Å². The number of aromatic nitrogens is 2. The van der Waals surface area contributed by atoms with Crippen LogP contribution < -0.4 is 16.4 Å². The van der Waals surface area contributed by atoms with Gasteiger partial charge in [-0.25, -0.2) is 5.10 Å². The molecule has 0 unspecified atom stereocenters. The molecule has 136 valence electrons. The van der Waals surface area contributed by atoms with Crippen molar-refractivity contribution in [3.63, 3.8) is 0 Å². The zero-order valence-electron chi connectivity index (χ0n) is 15.0. The summed E-state index contributed by atoms with van der Waals surface area (Å²) in [4.78, 5) is 25.3. The number of amides is 1. The molecule has 0 spiro atoms. The van der Waals surface area contributed by atoms with Gasteiger partial charge in [0, 0.05) is 16.8 Å². The summed E-state index contributed by atoms with van der Waals surface area (Å²) in [6.07, 6.45) is 0.647. The van der Waals surface area contributed by atoms with E-state index in [2.05, 4.69) is 27.6 Å². The maximum absolute atomic E-state index is 12.8. The fourth-order valence-electron chi connectivity index (χ4n) is 2.65. The van der Waals surface area contributed by atoms with Gasteiger partial charge in [0.05, 0.1) is 5.69 Å². The number of aromatic amines is 1. The SMILES string of the molecule is C=C(CC)NNC(=O)c1c(-c2ccccc2)c(-c2ccccc2)n[nH]c1=O. The molecule has 0 atom stereocenters. The fraction of sp³-hybridized carbons (Fsp3) is 0.0952. The van der Waals surface area contributed by atoms with Crippen LogP contribution in [0.3, 0.4) is 0 Å². The molecule has 0 aliphatic rings. The largest absolute Gasteiger partial charge is 0.303 e. The van der Waals surface area contributed by atoms with Crippen molar-refractivity contribution in [2.24, 2.45) is 0 Å². The number of hydrogen-bond donors (Lipinski definition) is 3. The zero-order chi connectivity index (χ0) is 19.2. The lowest BCUT2D eigenvalue weighted by Gasteiger charge is -2.15. The van der Waals surface area contributed by atoms with Crippen LogP contribution >= 0.6 is 0 Å². The molecule has 1 amide bonds. The molecule has 6 heteroatoms. The second-order valence-corrected chi connectivity index (χ2v) is 5.92. The predicted molar refractivity (Wildman–Crippen MR) is 106 cm³/mol. The van der Waals surface area contributed by atoms with Crippen LogP contribution in [0.1, 0.15) is 23.7 Å². The van der Waals surface area contributed by atoms with Crippen LogP contribution in [0.5, 0.6) is 0 Å². The molecule has 1 heterocycles. The number of hydrogen-bond acceptors (Lipinski definition) is 4. The molecule has 3 aromatic rings. The Morgan fingerprint density at radius 2 is 1.59 bits per heavy atom. The van der Waals surface area contributed by atoms with Crippen LogP contribution in [-0.2, 0) is 0 Å². The molecular formula is C21H20N4O2. The first-order chi connectivity index (χ1) is 13.1. The first-order valence-corrected chi connectivity index (χ1v) is 8.59. The number of H-pyrrole nitrogens is 1. The van der Waals surface area contributed by atoms with Crippen LogP contribution in [0.25, 0.3) is 22.4 Å². The zero-order valence-corrected chi connectivity index (χ0v) is 15.0. The van der Waals surface area contributed by atoms with Crippen molar-refractivity contribution in [3.8, 4) is 22.4 Å². The Hall–Kier alpha value is -3.67. The van der Waals surface area contributed by atoms with E-state index in [4.69, 9.17) is 0 Å². The third-order valence-corrected chi connectivity index (χ3v) is 4.10. The molecule has 0 aliphatic heterocycles. The van der Waals surface area contributed by atoms with E-state index in [1.165, 1.54) is 0 Å². The second kappa shape index (κ2) is 8.14. The van der Waals surface area contributed by atoms with E-state index >= 15 is 0 Å². The summed E-state index contributed by atoms with van der Waals surface area (Å²) in [7, 11) is 0. The van der Waals surface area contributed by atoms with Crippen molar-refractivity contribution in [3.05, 3.63) is 88.9 Å². The molecule has 0 bridgehead atoms. The Kier molecular flexibility index (Phi) is 5.47. The number of rotatable bonds is 6. The minimum Gasteiger partial charge on any atom is -0.303 e. The lowest BCUT2D eigenvalue weighted by atomic mass is 9.95. The van der Waals surface area contributed by atoms with Crippen LogP contribution in [0.15, 0.2) is 77.7 Å². The molecule has 0 saturated heterocycles. The molecule has 3 N–H and O–H groups in total. The molecule has 0 fully saturated rings. The molecular weight excluding hydrogens is 340 g/mol. The molecule has 0 saturated carbocycles. The lowest BCUT2D eigenvalue weighted by molar-refractivity contribution is 0.0937. The highest BCUT2D eigenvalue weighted by molar-refractivity contribution is 6.03. The number of benzene rings is 2. The highest BCUT2D eigenvalue weighted by Gasteiger charge is 2.22. The number of nitrogens with zero attached hydrogens (tertiary/aromatic N) is 1. The average molecular weight is 360 g/mol. The fourth-order valence-corrected chi connectivity index (χ4v) is 2.65. The molecule has 0 aliphatic carbocycles. The molecule has 27 heavy (non-hydrogen) atoms. The topological polar surface area (TPSA) is 86.9 Å². The Morgan fingerprint density at radius 3 is 2.19 bits per heavy atom. The van der Waals surface area contributed by atoms with Gasteiger partial charge in [0.15, 0.2) is 0 Å². The third-order valence-electron chi connectivity index (χ3n) is 4.10.